The minimum atomic E-state index is -1.26. The Balaban J connectivity index is 1.60. The Labute approximate surface area is 185 Å². The van der Waals surface area contributed by atoms with Crippen LogP contribution in [0.1, 0.15) is 48.5 Å². The molecule has 1 heterocycles. The number of aryl methyl sites for hydroxylation is 1. The molecule has 0 aromatic heterocycles. The van der Waals surface area contributed by atoms with Gasteiger partial charge in [0, 0.05) is 27.8 Å². The van der Waals surface area contributed by atoms with E-state index in [2.05, 4.69) is 0 Å². The highest BCUT2D eigenvalue weighted by molar-refractivity contribution is 6.30. The fourth-order valence-corrected chi connectivity index (χ4v) is 4.64. The molecule has 154 valence electrons. The number of hydrogen-bond acceptors (Lipinski definition) is 4. The zero-order chi connectivity index (χ0) is 21.9. The van der Waals surface area contributed by atoms with Gasteiger partial charge in [0.05, 0.1) is 5.56 Å². The van der Waals surface area contributed by atoms with E-state index in [4.69, 9.17) is 9.47 Å². The Morgan fingerprint density at radius 3 is 1.69 bits per heavy atom. The molecule has 32 heavy (non-hydrogen) atoms. The quantitative estimate of drug-likeness (QED) is 0.383. The molecule has 1 aliphatic carbocycles. The van der Waals surface area contributed by atoms with Gasteiger partial charge in [0.2, 0.25) is 0 Å². The minimum absolute atomic E-state index is 0.170. The fraction of sp³-hybridized carbons (Fsp3) is 0.0714. The summed E-state index contributed by atoms with van der Waals surface area (Å²) in [5.41, 5.74) is 3.74. The predicted molar refractivity (Wildman–Crippen MR) is 119 cm³/mol. The van der Waals surface area contributed by atoms with Gasteiger partial charge in [-0.05, 0) is 18.6 Å². The monoisotopic (exact) mass is 418 g/mol. The van der Waals surface area contributed by atoms with Crippen LogP contribution in [0, 0.1) is 6.92 Å². The third-order valence-electron chi connectivity index (χ3n) is 6.12. The van der Waals surface area contributed by atoms with Gasteiger partial charge in [-0.1, -0.05) is 84.9 Å². The number of hydrogen-bond donors (Lipinski definition) is 0. The van der Waals surface area contributed by atoms with Crippen molar-refractivity contribution in [3.05, 3.63) is 130 Å². The molecule has 2 aliphatic rings. The van der Waals surface area contributed by atoms with E-state index in [1.165, 1.54) is 0 Å². The standard InChI is InChI=1S/C28H18O4/c1-17-16-22-27(24-23(17)25(29)20-14-8-9-15-21(20)26(24)30)32-28(31-22,18-10-4-2-5-11-18)19-12-6-3-7-13-19/h2-16H,1H3. The average Bonchev–Trinajstić information content (AvgIpc) is 3.23. The third kappa shape index (κ3) is 2.44. The summed E-state index contributed by atoms with van der Waals surface area (Å²) in [5.74, 6) is -0.889. The molecule has 0 amide bonds. The Hall–Kier alpha value is -4.18. The summed E-state index contributed by atoms with van der Waals surface area (Å²) in [6.45, 7) is 1.83. The zero-order valence-corrected chi connectivity index (χ0v) is 17.3. The second kappa shape index (κ2) is 6.66. The van der Waals surface area contributed by atoms with Gasteiger partial charge in [-0.15, -0.1) is 0 Å². The molecule has 0 fully saturated rings. The summed E-state index contributed by atoms with van der Waals surface area (Å²) < 4.78 is 13.1. The first-order chi connectivity index (χ1) is 15.6. The van der Waals surface area contributed by atoms with Crippen LogP contribution in [-0.4, -0.2) is 11.6 Å². The van der Waals surface area contributed by atoms with Gasteiger partial charge < -0.3 is 9.47 Å². The number of rotatable bonds is 2. The van der Waals surface area contributed by atoms with Gasteiger partial charge in [0.25, 0.3) is 0 Å². The van der Waals surface area contributed by atoms with Crippen molar-refractivity contribution in [3.63, 3.8) is 0 Å². The van der Waals surface area contributed by atoms with Crippen molar-refractivity contribution in [3.8, 4) is 11.5 Å². The average molecular weight is 418 g/mol. The topological polar surface area (TPSA) is 52.6 Å². The molecule has 0 N–H and O–H groups in total. The van der Waals surface area contributed by atoms with Crippen molar-refractivity contribution < 1.29 is 19.1 Å². The molecule has 4 heteroatoms. The molecule has 0 saturated heterocycles. The summed E-state index contributed by atoms with van der Waals surface area (Å²) in [6, 6.07) is 28.0. The molecule has 0 spiro atoms. The van der Waals surface area contributed by atoms with Crippen molar-refractivity contribution in [1.82, 2.24) is 0 Å². The lowest BCUT2D eigenvalue weighted by atomic mass is 9.81. The summed E-state index contributed by atoms with van der Waals surface area (Å²) in [5, 5.41) is 0. The normalized spacial score (nSPS) is 15.3. The van der Waals surface area contributed by atoms with E-state index in [-0.39, 0.29) is 17.1 Å². The zero-order valence-electron chi connectivity index (χ0n) is 17.3. The second-order valence-electron chi connectivity index (χ2n) is 8.03. The summed E-state index contributed by atoms with van der Waals surface area (Å²) in [6.07, 6.45) is 0. The van der Waals surface area contributed by atoms with Crippen LogP contribution >= 0.6 is 0 Å². The molecule has 4 aromatic carbocycles. The van der Waals surface area contributed by atoms with Gasteiger partial charge in [0.15, 0.2) is 23.1 Å². The van der Waals surface area contributed by atoms with E-state index in [1.54, 1.807) is 30.3 Å². The summed E-state index contributed by atoms with van der Waals surface area (Å²) >= 11 is 0. The second-order valence-corrected chi connectivity index (χ2v) is 8.03. The molecule has 6 rings (SSSR count). The number of carbonyl (C=O) groups is 2. The third-order valence-corrected chi connectivity index (χ3v) is 6.12. The Bertz CT molecular complexity index is 1370. The Kier molecular flexibility index (Phi) is 3.87. The number of carbonyl (C=O) groups excluding carboxylic acids is 2. The first kappa shape index (κ1) is 18.6. The van der Waals surface area contributed by atoms with Gasteiger partial charge in [-0.2, -0.15) is 0 Å². The van der Waals surface area contributed by atoms with Gasteiger partial charge >= 0.3 is 5.79 Å². The van der Waals surface area contributed by atoms with E-state index >= 15 is 0 Å². The molecule has 0 unspecified atom stereocenters. The minimum Gasteiger partial charge on any atom is -0.440 e. The first-order valence-corrected chi connectivity index (χ1v) is 10.5. The van der Waals surface area contributed by atoms with E-state index in [0.717, 1.165) is 11.1 Å². The molecule has 0 atom stereocenters. The van der Waals surface area contributed by atoms with Gasteiger partial charge in [0.1, 0.15) is 0 Å². The smallest absolute Gasteiger partial charge is 0.305 e. The van der Waals surface area contributed by atoms with Crippen LogP contribution in [0.2, 0.25) is 0 Å². The number of benzene rings is 4. The fourth-order valence-electron chi connectivity index (χ4n) is 4.64. The predicted octanol–water partition coefficient (Wildman–Crippen LogP) is 5.44. The molecule has 4 aromatic rings. The van der Waals surface area contributed by atoms with Gasteiger partial charge in [-0.25, -0.2) is 0 Å². The summed E-state index contributed by atoms with van der Waals surface area (Å²) in [4.78, 5) is 26.9. The van der Waals surface area contributed by atoms with Crippen LogP contribution < -0.4 is 9.47 Å². The Morgan fingerprint density at radius 1 is 0.625 bits per heavy atom. The van der Waals surface area contributed by atoms with Crippen molar-refractivity contribution in [1.29, 1.82) is 0 Å². The molecule has 0 radical (unpaired) electrons. The van der Waals surface area contributed by atoms with E-state index in [1.807, 2.05) is 67.6 Å². The Morgan fingerprint density at radius 2 is 1.12 bits per heavy atom. The molecule has 4 nitrogen and oxygen atoms in total. The lowest BCUT2D eigenvalue weighted by molar-refractivity contribution is -0.0461. The van der Waals surface area contributed by atoms with Crippen LogP contribution in [-0.2, 0) is 5.79 Å². The van der Waals surface area contributed by atoms with Crippen molar-refractivity contribution in [2.75, 3.05) is 0 Å². The summed E-state index contributed by atoms with van der Waals surface area (Å²) in [7, 11) is 0. The number of ether oxygens (including phenoxy) is 2. The maximum Gasteiger partial charge on any atom is 0.305 e. The van der Waals surface area contributed by atoms with Crippen LogP contribution in [0.5, 0.6) is 11.5 Å². The van der Waals surface area contributed by atoms with E-state index in [9.17, 15) is 9.59 Å². The number of ketones is 2. The van der Waals surface area contributed by atoms with Crippen LogP contribution in [0.15, 0.2) is 91.0 Å². The largest absolute Gasteiger partial charge is 0.440 e. The van der Waals surface area contributed by atoms with Gasteiger partial charge in [-0.3, -0.25) is 9.59 Å². The maximum absolute atomic E-state index is 13.6. The van der Waals surface area contributed by atoms with Crippen molar-refractivity contribution in [2.45, 2.75) is 12.7 Å². The highest BCUT2D eigenvalue weighted by Crippen LogP contribution is 2.52. The highest BCUT2D eigenvalue weighted by atomic mass is 16.7. The first-order valence-electron chi connectivity index (χ1n) is 10.5. The van der Waals surface area contributed by atoms with Crippen LogP contribution in [0.3, 0.4) is 0 Å². The molecule has 0 bridgehead atoms. The lowest BCUT2D eigenvalue weighted by Crippen LogP contribution is -2.37. The van der Waals surface area contributed by atoms with E-state index in [0.29, 0.717) is 33.8 Å². The lowest BCUT2D eigenvalue weighted by Gasteiger charge is -2.29. The van der Waals surface area contributed by atoms with Crippen molar-refractivity contribution >= 4 is 11.6 Å². The molecule has 0 saturated carbocycles. The number of fused-ring (bicyclic) bond motifs is 4. The van der Waals surface area contributed by atoms with Crippen LogP contribution in [0.4, 0.5) is 0 Å². The van der Waals surface area contributed by atoms with Crippen LogP contribution in [0.25, 0.3) is 0 Å². The molecular formula is C28H18O4. The SMILES string of the molecule is Cc1cc2c(c3c1C(=O)c1ccccc1C3=O)OC(c1ccccc1)(c1ccccc1)O2. The molecule has 1 aliphatic heterocycles. The van der Waals surface area contributed by atoms with Crippen molar-refractivity contribution in [2.24, 2.45) is 0 Å². The highest BCUT2D eigenvalue weighted by Gasteiger charge is 2.49. The van der Waals surface area contributed by atoms with E-state index < -0.39 is 5.79 Å². The molecular weight excluding hydrogens is 400 g/mol. The maximum atomic E-state index is 13.6.